The number of rotatable bonds is 28. The monoisotopic (exact) mass is 761 g/mol. The van der Waals surface area contributed by atoms with Crippen molar-refractivity contribution in [3.63, 3.8) is 0 Å². The van der Waals surface area contributed by atoms with Crippen molar-refractivity contribution in [1.29, 1.82) is 0 Å². The highest BCUT2D eigenvalue weighted by atomic mass is 16.7. The van der Waals surface area contributed by atoms with E-state index < -0.39 is 86.8 Å². The van der Waals surface area contributed by atoms with E-state index in [1.54, 1.807) is 6.08 Å². The van der Waals surface area contributed by atoms with Gasteiger partial charge in [0.1, 0.15) is 48.8 Å². The second-order valence-corrected chi connectivity index (χ2v) is 14.4. The molecule has 0 aromatic heterocycles. The Hall–Kier alpha value is -1.53. The summed E-state index contributed by atoms with van der Waals surface area (Å²) in [5, 5.41) is 86.0. The number of carbonyl (C=O) groups excluding carboxylic acids is 1. The number of amides is 1. The van der Waals surface area contributed by atoms with Crippen LogP contribution >= 0.6 is 0 Å². The lowest BCUT2D eigenvalue weighted by Crippen LogP contribution is -2.65. The van der Waals surface area contributed by atoms with Crippen LogP contribution in [0, 0.1) is 0 Å². The molecule has 14 nitrogen and oxygen atoms in total. The Labute approximate surface area is 316 Å². The smallest absolute Gasteiger partial charge is 0.220 e. The molecule has 2 fully saturated rings. The van der Waals surface area contributed by atoms with Crippen molar-refractivity contribution in [1.82, 2.24) is 5.32 Å². The van der Waals surface area contributed by atoms with Gasteiger partial charge in [-0.3, -0.25) is 4.79 Å². The van der Waals surface area contributed by atoms with E-state index in [0.29, 0.717) is 6.42 Å². The van der Waals surface area contributed by atoms with E-state index in [1.807, 2.05) is 6.08 Å². The van der Waals surface area contributed by atoms with Crippen LogP contribution in [-0.4, -0.2) is 140 Å². The molecule has 0 aromatic rings. The number of ether oxygens (including phenoxy) is 4. The van der Waals surface area contributed by atoms with Crippen LogP contribution in [-0.2, 0) is 23.7 Å². The number of unbranched alkanes of at least 4 members (excludes halogenated alkanes) is 13. The third kappa shape index (κ3) is 17.4. The maximum Gasteiger partial charge on any atom is 0.220 e. The number of nitrogens with one attached hydrogen (secondary N) is 1. The molecule has 2 rings (SSSR count). The standard InChI is InChI=1S/C39H71NO13/c1-3-5-7-9-11-13-15-17-19-21-23-31(44)40-27(28(43)22-20-18-16-14-12-10-8-6-4-2)26-50-38-36(49)34(47)37(30(25-42)52-38)53-39-35(48)33(46)32(45)29(24-41)51-39/h7,9,20,22,27-30,32-39,41-43,45-49H,3-6,8,10-19,21,23-26H2,1-2H3,(H,40,44)/b9-7-,22-20+. The van der Waals surface area contributed by atoms with Crippen molar-refractivity contribution in [2.24, 2.45) is 0 Å². The molecule has 0 bridgehead atoms. The van der Waals surface area contributed by atoms with Crippen molar-refractivity contribution in [3.8, 4) is 0 Å². The summed E-state index contributed by atoms with van der Waals surface area (Å²) in [4.78, 5) is 13.0. The number of hydrogen-bond acceptors (Lipinski definition) is 13. The fraction of sp³-hybridized carbons (Fsp3) is 0.872. The van der Waals surface area contributed by atoms with Crippen LogP contribution in [0.2, 0.25) is 0 Å². The van der Waals surface area contributed by atoms with Crippen LogP contribution in [0.1, 0.15) is 123 Å². The molecule has 1 amide bonds. The first-order chi connectivity index (χ1) is 25.6. The molecular formula is C39H71NO13. The van der Waals surface area contributed by atoms with Gasteiger partial charge >= 0.3 is 0 Å². The molecule has 0 aromatic carbocycles. The van der Waals surface area contributed by atoms with Crippen molar-refractivity contribution in [2.75, 3.05) is 19.8 Å². The quantitative estimate of drug-likeness (QED) is 0.0413. The molecule has 14 heteroatoms. The third-order valence-electron chi connectivity index (χ3n) is 9.86. The van der Waals surface area contributed by atoms with Gasteiger partial charge in [-0.1, -0.05) is 102 Å². The maximum absolute atomic E-state index is 13.0. The zero-order chi connectivity index (χ0) is 39.0. The second-order valence-electron chi connectivity index (χ2n) is 14.4. The van der Waals surface area contributed by atoms with Gasteiger partial charge < -0.3 is 65.1 Å². The normalized spacial score (nSPS) is 30.6. The molecule has 53 heavy (non-hydrogen) atoms. The summed E-state index contributed by atoms with van der Waals surface area (Å²) in [6.07, 6.45) is 8.29. The van der Waals surface area contributed by atoms with E-state index in [9.17, 15) is 45.6 Å². The van der Waals surface area contributed by atoms with Gasteiger partial charge in [0.05, 0.1) is 32.0 Å². The number of allylic oxidation sites excluding steroid dienone is 3. The van der Waals surface area contributed by atoms with E-state index in [4.69, 9.17) is 18.9 Å². The van der Waals surface area contributed by atoms with Gasteiger partial charge in [0.25, 0.3) is 0 Å². The van der Waals surface area contributed by atoms with E-state index in [0.717, 1.165) is 70.6 Å². The van der Waals surface area contributed by atoms with Crippen LogP contribution in [0.3, 0.4) is 0 Å². The first-order valence-electron chi connectivity index (χ1n) is 20.1. The molecule has 2 aliphatic rings. The number of aliphatic hydroxyl groups excluding tert-OH is 8. The summed E-state index contributed by atoms with van der Waals surface area (Å²) < 4.78 is 22.5. The Kier molecular flexibility index (Phi) is 25.1. The molecule has 2 heterocycles. The van der Waals surface area contributed by atoms with E-state index in [-0.39, 0.29) is 18.9 Å². The highest BCUT2D eigenvalue weighted by Gasteiger charge is 2.50. The molecule has 0 spiro atoms. The van der Waals surface area contributed by atoms with Crippen LogP contribution in [0.15, 0.2) is 24.3 Å². The summed E-state index contributed by atoms with van der Waals surface area (Å²) in [6, 6.07) is -0.911. The maximum atomic E-state index is 13.0. The molecule has 0 aliphatic carbocycles. The largest absolute Gasteiger partial charge is 0.394 e. The predicted octanol–water partition coefficient (Wildman–Crippen LogP) is 2.26. The van der Waals surface area contributed by atoms with Crippen molar-refractivity contribution >= 4 is 5.91 Å². The zero-order valence-electron chi connectivity index (χ0n) is 32.0. The molecule has 0 radical (unpaired) electrons. The van der Waals surface area contributed by atoms with Gasteiger partial charge in [0.2, 0.25) is 5.91 Å². The fourth-order valence-corrected chi connectivity index (χ4v) is 6.47. The molecule has 12 atom stereocenters. The summed E-state index contributed by atoms with van der Waals surface area (Å²) >= 11 is 0. The van der Waals surface area contributed by atoms with Crippen molar-refractivity contribution < 1.29 is 64.6 Å². The average Bonchev–Trinajstić information content (AvgIpc) is 3.15. The van der Waals surface area contributed by atoms with Crippen LogP contribution in [0.4, 0.5) is 0 Å². The van der Waals surface area contributed by atoms with Gasteiger partial charge in [-0.25, -0.2) is 0 Å². The first kappa shape index (κ1) is 47.6. The number of aliphatic hydroxyl groups is 8. The lowest BCUT2D eigenvalue weighted by atomic mass is 9.97. The van der Waals surface area contributed by atoms with Gasteiger partial charge in [-0.05, 0) is 38.5 Å². The Morgan fingerprint density at radius 1 is 0.660 bits per heavy atom. The molecular weight excluding hydrogens is 690 g/mol. The van der Waals surface area contributed by atoms with Crippen LogP contribution in [0.5, 0.6) is 0 Å². The minimum atomic E-state index is -1.78. The van der Waals surface area contributed by atoms with Crippen molar-refractivity contribution in [2.45, 2.75) is 197 Å². The molecule has 2 saturated heterocycles. The molecule has 9 N–H and O–H groups in total. The lowest BCUT2D eigenvalue weighted by molar-refractivity contribution is -0.359. The van der Waals surface area contributed by atoms with Gasteiger partial charge in [0, 0.05) is 6.42 Å². The summed E-state index contributed by atoms with van der Waals surface area (Å²) in [7, 11) is 0. The number of carbonyl (C=O) groups is 1. The lowest BCUT2D eigenvalue weighted by Gasteiger charge is -2.46. The number of hydrogen-bond donors (Lipinski definition) is 9. The Morgan fingerprint density at radius 3 is 1.87 bits per heavy atom. The van der Waals surface area contributed by atoms with Gasteiger partial charge in [0.15, 0.2) is 12.6 Å². The Balaban J connectivity index is 1.97. The SMILES string of the molecule is CCC/C=C\CCCCCCCC(=O)NC(COC1OC(CO)C(OC2OC(CO)C(O)C(O)C2O)C(O)C1O)C(O)/C=C/CCCCCCCCC. The van der Waals surface area contributed by atoms with E-state index in [1.165, 1.54) is 25.7 Å². The second kappa shape index (κ2) is 28.0. The minimum Gasteiger partial charge on any atom is -0.394 e. The third-order valence-corrected chi connectivity index (χ3v) is 9.86. The summed E-state index contributed by atoms with van der Waals surface area (Å²) in [5.74, 6) is -0.257. The first-order valence-corrected chi connectivity index (χ1v) is 20.1. The predicted molar refractivity (Wildman–Crippen MR) is 198 cm³/mol. The molecule has 0 saturated carbocycles. The van der Waals surface area contributed by atoms with Gasteiger partial charge in [-0.2, -0.15) is 0 Å². The Bertz CT molecular complexity index is 998. The summed E-state index contributed by atoms with van der Waals surface area (Å²) in [5.41, 5.74) is 0. The average molecular weight is 762 g/mol. The van der Waals surface area contributed by atoms with Crippen LogP contribution < -0.4 is 5.32 Å². The van der Waals surface area contributed by atoms with E-state index in [2.05, 4.69) is 31.3 Å². The fourth-order valence-electron chi connectivity index (χ4n) is 6.47. The van der Waals surface area contributed by atoms with Gasteiger partial charge in [-0.15, -0.1) is 0 Å². The zero-order valence-corrected chi connectivity index (χ0v) is 32.0. The highest BCUT2D eigenvalue weighted by molar-refractivity contribution is 5.76. The van der Waals surface area contributed by atoms with Crippen molar-refractivity contribution in [3.05, 3.63) is 24.3 Å². The topological polar surface area (TPSA) is 228 Å². The Morgan fingerprint density at radius 2 is 1.23 bits per heavy atom. The highest BCUT2D eigenvalue weighted by Crippen LogP contribution is 2.29. The van der Waals surface area contributed by atoms with Crippen LogP contribution in [0.25, 0.3) is 0 Å². The molecule has 310 valence electrons. The van der Waals surface area contributed by atoms with E-state index >= 15 is 0 Å². The minimum absolute atomic E-state index is 0.257. The molecule has 2 aliphatic heterocycles. The molecule has 12 unspecified atom stereocenters. The summed E-state index contributed by atoms with van der Waals surface area (Å²) in [6.45, 7) is 2.63.